The molecule has 1 aromatic carbocycles. The van der Waals surface area contributed by atoms with E-state index in [0.717, 1.165) is 30.6 Å². The summed E-state index contributed by atoms with van der Waals surface area (Å²) in [7, 11) is 0. The van der Waals surface area contributed by atoms with Gasteiger partial charge in [-0.1, -0.05) is 36.2 Å². The van der Waals surface area contributed by atoms with E-state index in [1.165, 1.54) is 36.8 Å². The second-order valence-corrected chi connectivity index (χ2v) is 7.33. The van der Waals surface area contributed by atoms with Gasteiger partial charge in [-0.15, -0.1) is 0 Å². The Bertz CT molecular complexity index is 494. The predicted molar refractivity (Wildman–Crippen MR) is 76.9 cm³/mol. The lowest BCUT2D eigenvalue weighted by Gasteiger charge is -2.39. The van der Waals surface area contributed by atoms with Crippen LogP contribution in [0, 0.1) is 30.6 Å². The van der Waals surface area contributed by atoms with Crippen molar-refractivity contribution in [1.29, 1.82) is 0 Å². The normalized spacial score (nSPS) is 43.7. The van der Waals surface area contributed by atoms with Gasteiger partial charge in [0.15, 0.2) is 0 Å². The minimum atomic E-state index is -0.399. The summed E-state index contributed by atoms with van der Waals surface area (Å²) in [4.78, 5) is 0. The van der Waals surface area contributed by atoms with E-state index in [9.17, 15) is 5.11 Å². The lowest BCUT2D eigenvalue weighted by atomic mass is 9.70. The highest BCUT2D eigenvalue weighted by Gasteiger charge is 2.59. The van der Waals surface area contributed by atoms with E-state index in [2.05, 4.69) is 31.2 Å². The van der Waals surface area contributed by atoms with Gasteiger partial charge in [-0.2, -0.15) is 0 Å². The lowest BCUT2D eigenvalue weighted by molar-refractivity contribution is -0.0450. The highest BCUT2D eigenvalue weighted by molar-refractivity contribution is 5.25. The molecule has 3 saturated carbocycles. The number of hydrogen-bond donors (Lipinski definition) is 1. The van der Waals surface area contributed by atoms with Gasteiger partial charge < -0.3 is 5.11 Å². The first-order valence-corrected chi connectivity index (χ1v) is 7.94. The molecule has 1 aromatic rings. The Balaban J connectivity index is 1.58. The molecule has 19 heavy (non-hydrogen) atoms. The zero-order chi connectivity index (χ0) is 13.0. The van der Waals surface area contributed by atoms with Crippen LogP contribution in [0.5, 0.6) is 0 Å². The molecular formula is C18H24O. The molecule has 1 nitrogen and oxygen atoms in total. The number of hydrogen-bond acceptors (Lipinski definition) is 1. The fraction of sp³-hybridized carbons (Fsp3) is 0.667. The van der Waals surface area contributed by atoms with Crippen molar-refractivity contribution in [3.63, 3.8) is 0 Å². The van der Waals surface area contributed by atoms with Gasteiger partial charge in [0.2, 0.25) is 0 Å². The topological polar surface area (TPSA) is 20.2 Å². The SMILES string of the molecule is Cc1cccc(CC2(O)CC3CC2C2CCCC32)c1. The van der Waals surface area contributed by atoms with Crippen LogP contribution in [0.15, 0.2) is 24.3 Å². The third-order valence-electron chi connectivity index (χ3n) is 6.20. The van der Waals surface area contributed by atoms with E-state index in [-0.39, 0.29) is 0 Å². The summed E-state index contributed by atoms with van der Waals surface area (Å²) in [6.07, 6.45) is 7.46. The van der Waals surface area contributed by atoms with Crippen LogP contribution < -0.4 is 0 Å². The first-order chi connectivity index (χ1) is 9.16. The van der Waals surface area contributed by atoms with Crippen LogP contribution in [0.1, 0.15) is 43.2 Å². The Kier molecular flexibility index (Phi) is 2.57. The summed E-state index contributed by atoms with van der Waals surface area (Å²) < 4.78 is 0. The summed E-state index contributed by atoms with van der Waals surface area (Å²) in [5.41, 5.74) is 2.23. The maximum Gasteiger partial charge on any atom is 0.0721 e. The van der Waals surface area contributed by atoms with Gasteiger partial charge in [-0.25, -0.2) is 0 Å². The maximum atomic E-state index is 11.2. The molecule has 3 fully saturated rings. The van der Waals surface area contributed by atoms with Crippen molar-refractivity contribution in [2.24, 2.45) is 23.7 Å². The summed E-state index contributed by atoms with van der Waals surface area (Å²) in [6.45, 7) is 2.14. The Morgan fingerprint density at radius 3 is 2.95 bits per heavy atom. The van der Waals surface area contributed by atoms with Gasteiger partial charge in [-0.05, 0) is 61.8 Å². The Labute approximate surface area is 116 Å². The first kappa shape index (κ1) is 12.0. The summed E-state index contributed by atoms with van der Waals surface area (Å²) >= 11 is 0. The van der Waals surface area contributed by atoms with Crippen molar-refractivity contribution in [2.45, 2.75) is 51.0 Å². The van der Waals surface area contributed by atoms with Crippen LogP contribution >= 0.6 is 0 Å². The quantitative estimate of drug-likeness (QED) is 0.855. The van der Waals surface area contributed by atoms with E-state index in [1.54, 1.807) is 0 Å². The van der Waals surface area contributed by atoms with Crippen molar-refractivity contribution in [2.75, 3.05) is 0 Å². The highest BCUT2D eigenvalue weighted by Crippen LogP contribution is 2.62. The molecule has 5 atom stereocenters. The van der Waals surface area contributed by atoms with Crippen LogP contribution in [0.25, 0.3) is 0 Å². The van der Waals surface area contributed by atoms with E-state index < -0.39 is 5.60 Å². The van der Waals surface area contributed by atoms with Crippen LogP contribution in [0.4, 0.5) is 0 Å². The highest BCUT2D eigenvalue weighted by atomic mass is 16.3. The van der Waals surface area contributed by atoms with Crippen molar-refractivity contribution in [3.05, 3.63) is 35.4 Å². The number of fused-ring (bicyclic) bond motifs is 5. The van der Waals surface area contributed by atoms with E-state index >= 15 is 0 Å². The fourth-order valence-electron chi connectivity index (χ4n) is 5.61. The molecule has 102 valence electrons. The molecule has 1 N–H and O–H groups in total. The summed E-state index contributed by atoms with van der Waals surface area (Å²) in [5, 5.41) is 11.2. The Hall–Kier alpha value is -0.820. The first-order valence-electron chi connectivity index (χ1n) is 7.94. The second kappa shape index (κ2) is 4.09. The number of aryl methyl sites for hydroxylation is 1. The largest absolute Gasteiger partial charge is 0.389 e. The van der Waals surface area contributed by atoms with Crippen LogP contribution in [0.3, 0.4) is 0 Å². The van der Waals surface area contributed by atoms with Gasteiger partial charge in [0.25, 0.3) is 0 Å². The molecule has 3 aliphatic carbocycles. The van der Waals surface area contributed by atoms with Gasteiger partial charge in [0.05, 0.1) is 5.60 Å². The molecule has 0 spiro atoms. The minimum absolute atomic E-state index is 0.399. The smallest absolute Gasteiger partial charge is 0.0721 e. The Morgan fingerprint density at radius 1 is 1.26 bits per heavy atom. The van der Waals surface area contributed by atoms with E-state index in [0.29, 0.717) is 5.92 Å². The molecule has 4 rings (SSSR count). The zero-order valence-corrected chi connectivity index (χ0v) is 11.8. The number of aliphatic hydroxyl groups is 1. The third kappa shape index (κ3) is 1.78. The van der Waals surface area contributed by atoms with Crippen molar-refractivity contribution in [3.8, 4) is 0 Å². The molecule has 0 saturated heterocycles. The van der Waals surface area contributed by atoms with Crippen molar-refractivity contribution in [1.82, 2.24) is 0 Å². The van der Waals surface area contributed by atoms with Crippen molar-refractivity contribution < 1.29 is 5.11 Å². The molecule has 0 radical (unpaired) electrons. The molecule has 2 bridgehead atoms. The molecule has 1 heteroatoms. The molecule has 0 heterocycles. The maximum absolute atomic E-state index is 11.2. The average Bonchev–Trinajstić information content (AvgIpc) is 2.99. The van der Waals surface area contributed by atoms with Crippen LogP contribution in [-0.4, -0.2) is 10.7 Å². The van der Waals surface area contributed by atoms with E-state index in [1.807, 2.05) is 0 Å². The average molecular weight is 256 g/mol. The molecule has 3 aliphatic rings. The lowest BCUT2D eigenvalue weighted by Crippen LogP contribution is -2.43. The van der Waals surface area contributed by atoms with Gasteiger partial charge >= 0.3 is 0 Å². The van der Waals surface area contributed by atoms with Crippen molar-refractivity contribution >= 4 is 0 Å². The number of rotatable bonds is 2. The second-order valence-electron chi connectivity index (χ2n) is 7.33. The standard InChI is InChI=1S/C18H24O/c1-12-4-2-5-13(8-12)10-18(19)11-14-9-17(18)16-7-3-6-15(14)16/h2,4-5,8,14-17,19H,3,6-7,9-11H2,1H3. The molecule has 0 aliphatic heterocycles. The van der Waals surface area contributed by atoms with Gasteiger partial charge in [-0.3, -0.25) is 0 Å². The fourth-order valence-corrected chi connectivity index (χ4v) is 5.61. The predicted octanol–water partition coefficient (Wildman–Crippen LogP) is 3.72. The molecule has 0 amide bonds. The summed E-state index contributed by atoms with van der Waals surface area (Å²) in [5.74, 6) is 3.22. The monoisotopic (exact) mass is 256 g/mol. The summed E-state index contributed by atoms with van der Waals surface area (Å²) in [6, 6.07) is 8.69. The minimum Gasteiger partial charge on any atom is -0.389 e. The molecule has 0 aromatic heterocycles. The van der Waals surface area contributed by atoms with Gasteiger partial charge in [0.1, 0.15) is 0 Å². The third-order valence-corrected chi connectivity index (χ3v) is 6.20. The molecular weight excluding hydrogens is 232 g/mol. The van der Waals surface area contributed by atoms with Crippen LogP contribution in [0.2, 0.25) is 0 Å². The zero-order valence-electron chi connectivity index (χ0n) is 11.8. The molecule has 5 unspecified atom stereocenters. The number of benzene rings is 1. The van der Waals surface area contributed by atoms with Gasteiger partial charge in [0, 0.05) is 6.42 Å². The Morgan fingerprint density at radius 2 is 2.11 bits per heavy atom. The van der Waals surface area contributed by atoms with Crippen LogP contribution in [-0.2, 0) is 6.42 Å². The van der Waals surface area contributed by atoms with E-state index in [4.69, 9.17) is 0 Å².